The molecule has 0 aliphatic carbocycles. The molecule has 0 saturated carbocycles. The molecule has 168 valence electrons. The lowest BCUT2D eigenvalue weighted by Crippen LogP contribution is -2.19. The Balaban J connectivity index is 1.80. The number of aromatic amines is 1. The van der Waals surface area contributed by atoms with Gasteiger partial charge in [-0.3, -0.25) is 14.9 Å². The number of rotatable bonds is 7. The van der Waals surface area contributed by atoms with Crippen molar-refractivity contribution in [2.45, 2.75) is 13.5 Å². The Kier molecular flexibility index (Phi) is 6.40. The average Bonchev–Trinajstić information content (AvgIpc) is 3.20. The number of nitrogens with one attached hydrogen (secondary N) is 1. The Morgan fingerprint density at radius 3 is 2.33 bits per heavy atom. The van der Waals surface area contributed by atoms with E-state index in [1.54, 1.807) is 26.4 Å². The molecule has 0 atom stereocenters. The second-order valence-electron chi connectivity index (χ2n) is 7.46. The molecule has 0 saturated heterocycles. The first-order valence-corrected chi connectivity index (χ1v) is 10.4. The highest BCUT2D eigenvalue weighted by Gasteiger charge is 2.19. The van der Waals surface area contributed by atoms with E-state index in [0.717, 1.165) is 16.9 Å². The van der Waals surface area contributed by atoms with E-state index in [1.807, 2.05) is 55.5 Å². The van der Waals surface area contributed by atoms with E-state index in [9.17, 15) is 9.18 Å². The van der Waals surface area contributed by atoms with E-state index in [-0.39, 0.29) is 11.4 Å². The van der Waals surface area contributed by atoms with Gasteiger partial charge in [-0.2, -0.15) is 0 Å². The van der Waals surface area contributed by atoms with Crippen molar-refractivity contribution in [1.82, 2.24) is 9.78 Å². The quantitative estimate of drug-likeness (QED) is 0.407. The van der Waals surface area contributed by atoms with Gasteiger partial charge >= 0.3 is 0 Å². The van der Waals surface area contributed by atoms with Gasteiger partial charge in [0.15, 0.2) is 0 Å². The molecule has 1 N–H and O–H groups in total. The Bertz CT molecular complexity index is 1340. The minimum Gasteiger partial charge on any atom is -0.497 e. The minimum absolute atomic E-state index is 0.265. The predicted molar refractivity (Wildman–Crippen MR) is 127 cm³/mol. The van der Waals surface area contributed by atoms with Crippen LogP contribution in [0, 0.1) is 5.82 Å². The van der Waals surface area contributed by atoms with Crippen molar-refractivity contribution in [2.75, 3.05) is 14.2 Å². The summed E-state index contributed by atoms with van der Waals surface area (Å²) < 4.78 is 25.4. The van der Waals surface area contributed by atoms with Crippen molar-refractivity contribution in [3.63, 3.8) is 0 Å². The first kappa shape index (κ1) is 22.1. The molecule has 4 aromatic rings. The third-order valence-electron chi connectivity index (χ3n) is 5.35. The maximum Gasteiger partial charge on any atom is 0.280 e. The predicted octanol–water partition coefficient (Wildman–Crippen LogP) is 5.00. The lowest BCUT2D eigenvalue weighted by Gasteiger charge is -2.06. The minimum atomic E-state index is -0.370. The zero-order valence-electron chi connectivity index (χ0n) is 18.6. The number of benzene rings is 3. The number of halogens is 1. The highest BCUT2D eigenvalue weighted by molar-refractivity contribution is 6.03. The normalized spacial score (nSPS) is 11.5. The van der Waals surface area contributed by atoms with E-state index < -0.39 is 0 Å². The summed E-state index contributed by atoms with van der Waals surface area (Å²) in [4.78, 5) is 18.1. The van der Waals surface area contributed by atoms with Crippen LogP contribution >= 0.6 is 0 Å². The summed E-state index contributed by atoms with van der Waals surface area (Å²) in [6.07, 6.45) is 0. The molecule has 7 heteroatoms. The maximum absolute atomic E-state index is 13.4. The summed E-state index contributed by atoms with van der Waals surface area (Å²) in [5.41, 5.74) is 3.70. The second-order valence-corrected chi connectivity index (χ2v) is 7.46. The fourth-order valence-corrected chi connectivity index (χ4v) is 3.57. The van der Waals surface area contributed by atoms with E-state index in [2.05, 4.69) is 10.1 Å². The zero-order chi connectivity index (χ0) is 23.4. The molecule has 0 aliphatic heterocycles. The number of aromatic nitrogens is 2. The molecule has 0 fully saturated rings. The van der Waals surface area contributed by atoms with Gasteiger partial charge in [0.25, 0.3) is 5.56 Å². The van der Waals surface area contributed by atoms with Gasteiger partial charge in [-0.1, -0.05) is 12.1 Å². The average molecular weight is 445 g/mol. The highest BCUT2D eigenvalue weighted by Crippen LogP contribution is 2.24. The fourth-order valence-electron chi connectivity index (χ4n) is 3.57. The molecule has 33 heavy (non-hydrogen) atoms. The van der Waals surface area contributed by atoms with Crippen molar-refractivity contribution in [3.05, 3.63) is 100 Å². The SMILES string of the molecule is COc1ccc(-c2[nH]n(-c3ccc(F)cc3)c(=O)c2C(C)=NCc2cccc(OC)c2)cc1. The number of hydrogen-bond donors (Lipinski definition) is 1. The number of methoxy groups -OCH3 is 2. The largest absolute Gasteiger partial charge is 0.497 e. The monoisotopic (exact) mass is 445 g/mol. The Hall–Kier alpha value is -4.13. The van der Waals surface area contributed by atoms with Crippen LogP contribution in [0.4, 0.5) is 4.39 Å². The molecule has 0 radical (unpaired) electrons. The van der Waals surface area contributed by atoms with Gasteiger partial charge in [0.2, 0.25) is 0 Å². The van der Waals surface area contributed by atoms with Crippen LogP contribution in [0.5, 0.6) is 11.5 Å². The third kappa shape index (κ3) is 4.72. The van der Waals surface area contributed by atoms with E-state index in [4.69, 9.17) is 9.47 Å². The first-order chi connectivity index (χ1) is 16.0. The Morgan fingerprint density at radius 1 is 0.970 bits per heavy atom. The van der Waals surface area contributed by atoms with Gasteiger partial charge in [0.05, 0.1) is 37.7 Å². The van der Waals surface area contributed by atoms with Gasteiger partial charge in [0, 0.05) is 11.3 Å². The second kappa shape index (κ2) is 9.56. The summed E-state index contributed by atoms with van der Waals surface area (Å²) in [6, 6.07) is 20.8. The summed E-state index contributed by atoms with van der Waals surface area (Å²) in [6.45, 7) is 2.21. The molecule has 0 spiro atoms. The van der Waals surface area contributed by atoms with E-state index >= 15 is 0 Å². The molecular weight excluding hydrogens is 421 g/mol. The molecule has 0 unspecified atom stereocenters. The van der Waals surface area contributed by atoms with Gasteiger partial charge < -0.3 is 9.47 Å². The molecule has 1 aromatic heterocycles. The summed E-state index contributed by atoms with van der Waals surface area (Å²) in [5, 5.41) is 3.18. The maximum atomic E-state index is 13.4. The van der Waals surface area contributed by atoms with Crippen LogP contribution in [0.2, 0.25) is 0 Å². The van der Waals surface area contributed by atoms with E-state index in [0.29, 0.717) is 35.0 Å². The molecule has 6 nitrogen and oxygen atoms in total. The van der Waals surface area contributed by atoms with Crippen LogP contribution in [0.1, 0.15) is 18.1 Å². The van der Waals surface area contributed by atoms with Crippen LogP contribution in [-0.4, -0.2) is 29.7 Å². The lowest BCUT2D eigenvalue weighted by atomic mass is 10.0. The molecule has 3 aromatic carbocycles. The zero-order valence-corrected chi connectivity index (χ0v) is 18.6. The molecule has 4 rings (SSSR count). The number of hydrogen-bond acceptors (Lipinski definition) is 4. The number of aliphatic imine (C=N–C) groups is 1. The van der Waals surface area contributed by atoms with Crippen molar-refractivity contribution in [3.8, 4) is 28.4 Å². The number of ether oxygens (including phenoxy) is 2. The van der Waals surface area contributed by atoms with Gasteiger partial charge in [-0.15, -0.1) is 0 Å². The number of H-pyrrole nitrogens is 1. The standard InChI is InChI=1S/C26H24FN3O3/c1-17(28-16-18-5-4-6-23(15-18)33-3)24-25(19-7-13-22(32-2)14-8-19)29-30(26(24)31)21-11-9-20(27)10-12-21/h4-15,29H,16H2,1-3H3. The van der Waals surface area contributed by atoms with Crippen LogP contribution in [0.25, 0.3) is 16.9 Å². The molecule has 1 heterocycles. The summed E-state index contributed by atoms with van der Waals surface area (Å²) in [5.74, 6) is 1.09. The Morgan fingerprint density at radius 2 is 1.67 bits per heavy atom. The third-order valence-corrected chi connectivity index (χ3v) is 5.35. The highest BCUT2D eigenvalue weighted by atomic mass is 19.1. The van der Waals surface area contributed by atoms with Crippen molar-refractivity contribution in [1.29, 1.82) is 0 Å². The van der Waals surface area contributed by atoms with Gasteiger partial charge in [-0.25, -0.2) is 9.07 Å². The van der Waals surface area contributed by atoms with Crippen LogP contribution in [-0.2, 0) is 6.54 Å². The van der Waals surface area contributed by atoms with Crippen molar-refractivity contribution in [2.24, 2.45) is 4.99 Å². The van der Waals surface area contributed by atoms with Crippen molar-refractivity contribution >= 4 is 5.71 Å². The van der Waals surface area contributed by atoms with Crippen LogP contribution in [0.15, 0.2) is 82.6 Å². The smallest absolute Gasteiger partial charge is 0.280 e. The molecular formula is C26H24FN3O3. The van der Waals surface area contributed by atoms with Gasteiger partial charge in [-0.05, 0) is 73.2 Å². The van der Waals surface area contributed by atoms with Crippen LogP contribution in [0.3, 0.4) is 0 Å². The molecule has 0 bridgehead atoms. The number of nitrogens with zero attached hydrogens (tertiary/aromatic N) is 2. The van der Waals surface area contributed by atoms with Crippen LogP contribution < -0.4 is 15.0 Å². The lowest BCUT2D eigenvalue weighted by molar-refractivity contribution is 0.414. The van der Waals surface area contributed by atoms with Gasteiger partial charge in [0.1, 0.15) is 17.3 Å². The molecule has 0 amide bonds. The topological polar surface area (TPSA) is 68.6 Å². The summed E-state index contributed by atoms with van der Waals surface area (Å²) in [7, 11) is 3.22. The molecule has 0 aliphatic rings. The van der Waals surface area contributed by atoms with E-state index in [1.165, 1.54) is 16.8 Å². The van der Waals surface area contributed by atoms with Crippen molar-refractivity contribution < 1.29 is 13.9 Å². The Labute approximate surface area is 190 Å². The first-order valence-electron chi connectivity index (χ1n) is 10.4. The fraction of sp³-hybridized carbons (Fsp3) is 0.154. The summed E-state index contributed by atoms with van der Waals surface area (Å²) >= 11 is 0.